The molecule has 0 fully saturated rings. The highest BCUT2D eigenvalue weighted by molar-refractivity contribution is 6.06. The Balaban J connectivity index is 1.43. The molecule has 5 aromatic rings. The molecule has 0 saturated heterocycles. The Labute approximate surface area is 177 Å². The molecule has 6 heteroatoms. The van der Waals surface area contributed by atoms with Crippen LogP contribution in [0.5, 0.6) is 0 Å². The van der Waals surface area contributed by atoms with Crippen LogP contribution in [0.3, 0.4) is 0 Å². The molecule has 3 aromatic carbocycles. The van der Waals surface area contributed by atoms with Crippen LogP contribution in [0.4, 0.5) is 5.69 Å². The number of carbonyl (C=O) groups excluding carboxylic acids is 1. The molecule has 0 spiro atoms. The summed E-state index contributed by atoms with van der Waals surface area (Å²) >= 11 is 0. The number of carbonyl (C=O) groups is 1. The SMILES string of the molecule is Cc1nc2ncccc2c(=O)n1-c1ccc(NC(=O)c2ccc3ccccc3c2)cc1. The highest BCUT2D eigenvalue weighted by atomic mass is 16.1. The Kier molecular flexibility index (Phi) is 4.52. The molecule has 2 aromatic heterocycles. The first-order valence-electron chi connectivity index (χ1n) is 9.85. The van der Waals surface area contributed by atoms with E-state index in [4.69, 9.17) is 0 Å². The Hall–Kier alpha value is -4.32. The Morgan fingerprint density at radius 2 is 1.68 bits per heavy atom. The Morgan fingerprint density at radius 3 is 2.48 bits per heavy atom. The summed E-state index contributed by atoms with van der Waals surface area (Å²) in [5, 5.41) is 5.47. The predicted octanol–water partition coefficient (Wildman–Crippen LogP) is 4.49. The van der Waals surface area contributed by atoms with E-state index < -0.39 is 0 Å². The largest absolute Gasteiger partial charge is 0.322 e. The number of nitrogens with zero attached hydrogens (tertiary/aromatic N) is 3. The van der Waals surface area contributed by atoms with Gasteiger partial charge in [0.15, 0.2) is 5.65 Å². The maximum Gasteiger partial charge on any atom is 0.267 e. The van der Waals surface area contributed by atoms with Gasteiger partial charge < -0.3 is 5.32 Å². The first kappa shape index (κ1) is 18.7. The molecule has 0 atom stereocenters. The number of aromatic nitrogens is 3. The lowest BCUT2D eigenvalue weighted by molar-refractivity contribution is 0.102. The number of aryl methyl sites for hydroxylation is 1. The third-order valence-electron chi connectivity index (χ3n) is 5.21. The zero-order valence-electron chi connectivity index (χ0n) is 16.7. The van der Waals surface area contributed by atoms with Gasteiger partial charge in [0.2, 0.25) is 0 Å². The van der Waals surface area contributed by atoms with E-state index in [1.165, 1.54) is 0 Å². The van der Waals surface area contributed by atoms with Crippen LogP contribution in [0.1, 0.15) is 16.2 Å². The number of nitrogens with one attached hydrogen (secondary N) is 1. The molecule has 0 unspecified atom stereocenters. The van der Waals surface area contributed by atoms with Gasteiger partial charge in [-0.05, 0) is 66.2 Å². The quantitative estimate of drug-likeness (QED) is 0.479. The topological polar surface area (TPSA) is 76.9 Å². The van der Waals surface area contributed by atoms with Crippen LogP contribution in [0, 0.1) is 6.92 Å². The van der Waals surface area contributed by atoms with E-state index in [0.717, 1.165) is 10.8 Å². The molecule has 0 bridgehead atoms. The van der Waals surface area contributed by atoms with Gasteiger partial charge in [-0.15, -0.1) is 0 Å². The molecular weight excluding hydrogens is 388 g/mol. The van der Waals surface area contributed by atoms with Crippen molar-refractivity contribution in [1.82, 2.24) is 14.5 Å². The second-order valence-electron chi connectivity index (χ2n) is 7.24. The van der Waals surface area contributed by atoms with Crippen molar-refractivity contribution in [3.05, 3.63) is 107 Å². The van der Waals surface area contributed by atoms with Crippen molar-refractivity contribution in [1.29, 1.82) is 0 Å². The van der Waals surface area contributed by atoms with Crippen LogP contribution in [-0.2, 0) is 0 Å². The van der Waals surface area contributed by atoms with Crippen molar-refractivity contribution in [2.24, 2.45) is 0 Å². The fourth-order valence-electron chi connectivity index (χ4n) is 3.66. The lowest BCUT2D eigenvalue weighted by atomic mass is 10.1. The summed E-state index contributed by atoms with van der Waals surface area (Å²) in [5.41, 5.74) is 2.15. The first-order chi connectivity index (χ1) is 15.1. The number of rotatable bonds is 3. The first-order valence-corrected chi connectivity index (χ1v) is 9.85. The van der Waals surface area contributed by atoms with Gasteiger partial charge in [-0.2, -0.15) is 0 Å². The molecule has 0 aliphatic carbocycles. The second-order valence-corrected chi connectivity index (χ2v) is 7.24. The molecule has 1 N–H and O–H groups in total. The van der Waals surface area contributed by atoms with Gasteiger partial charge in [-0.1, -0.05) is 30.3 Å². The van der Waals surface area contributed by atoms with E-state index >= 15 is 0 Å². The number of pyridine rings is 1. The van der Waals surface area contributed by atoms with Gasteiger partial charge >= 0.3 is 0 Å². The van der Waals surface area contributed by atoms with Crippen LogP contribution in [0.25, 0.3) is 27.5 Å². The summed E-state index contributed by atoms with van der Waals surface area (Å²) in [7, 11) is 0. The number of anilines is 1. The van der Waals surface area contributed by atoms with Crippen molar-refractivity contribution in [3.63, 3.8) is 0 Å². The van der Waals surface area contributed by atoms with Gasteiger partial charge in [-0.25, -0.2) is 9.97 Å². The minimum atomic E-state index is -0.190. The predicted molar refractivity (Wildman–Crippen MR) is 122 cm³/mol. The summed E-state index contributed by atoms with van der Waals surface area (Å²) in [5.74, 6) is 0.356. The van der Waals surface area contributed by atoms with Gasteiger partial charge in [0, 0.05) is 17.4 Å². The van der Waals surface area contributed by atoms with E-state index in [2.05, 4.69) is 15.3 Å². The van der Waals surface area contributed by atoms with Crippen molar-refractivity contribution < 1.29 is 4.79 Å². The monoisotopic (exact) mass is 406 g/mol. The number of hydrogen-bond acceptors (Lipinski definition) is 4. The molecule has 0 radical (unpaired) electrons. The minimum absolute atomic E-state index is 0.177. The highest BCUT2D eigenvalue weighted by Gasteiger charge is 2.11. The molecule has 0 saturated carbocycles. The zero-order valence-corrected chi connectivity index (χ0v) is 16.7. The molecule has 1 amide bonds. The normalized spacial score (nSPS) is 11.0. The van der Waals surface area contributed by atoms with Crippen molar-refractivity contribution in [2.45, 2.75) is 6.92 Å². The Bertz CT molecular complexity index is 1500. The lowest BCUT2D eigenvalue weighted by Gasteiger charge is -2.12. The summed E-state index contributed by atoms with van der Waals surface area (Å²) in [6.07, 6.45) is 1.62. The average Bonchev–Trinajstić information content (AvgIpc) is 2.80. The number of benzene rings is 3. The lowest BCUT2D eigenvalue weighted by Crippen LogP contribution is -2.22. The minimum Gasteiger partial charge on any atom is -0.322 e. The van der Waals surface area contributed by atoms with Crippen LogP contribution in [0.15, 0.2) is 89.9 Å². The van der Waals surface area contributed by atoms with Crippen LogP contribution in [-0.4, -0.2) is 20.4 Å². The molecule has 31 heavy (non-hydrogen) atoms. The second kappa shape index (κ2) is 7.50. The summed E-state index contributed by atoms with van der Waals surface area (Å²) < 4.78 is 1.54. The highest BCUT2D eigenvalue weighted by Crippen LogP contribution is 2.18. The van der Waals surface area contributed by atoms with E-state index in [1.54, 1.807) is 54.1 Å². The van der Waals surface area contributed by atoms with Gasteiger partial charge in [0.05, 0.1) is 11.1 Å². The van der Waals surface area contributed by atoms with Crippen LogP contribution < -0.4 is 10.9 Å². The van der Waals surface area contributed by atoms with Gasteiger partial charge in [-0.3, -0.25) is 14.2 Å². The maximum atomic E-state index is 12.9. The third-order valence-corrected chi connectivity index (χ3v) is 5.21. The molecule has 5 rings (SSSR count). The number of fused-ring (bicyclic) bond motifs is 2. The molecule has 0 aliphatic rings. The van der Waals surface area contributed by atoms with E-state index in [9.17, 15) is 9.59 Å². The number of amides is 1. The average molecular weight is 406 g/mol. The van der Waals surface area contributed by atoms with Crippen LogP contribution in [0.2, 0.25) is 0 Å². The van der Waals surface area contributed by atoms with Gasteiger partial charge in [0.1, 0.15) is 5.82 Å². The van der Waals surface area contributed by atoms with Crippen molar-refractivity contribution >= 4 is 33.4 Å². The molecule has 0 aliphatic heterocycles. The third kappa shape index (κ3) is 3.44. The standard InChI is InChI=1S/C25H18N4O2/c1-16-27-23-22(7-4-14-26-23)25(31)29(16)21-12-10-20(11-13-21)28-24(30)19-9-8-17-5-2-3-6-18(17)15-19/h2-15H,1H3,(H,28,30). The molecule has 2 heterocycles. The Morgan fingerprint density at radius 1 is 0.903 bits per heavy atom. The molecule has 6 nitrogen and oxygen atoms in total. The summed E-state index contributed by atoms with van der Waals surface area (Å²) in [6, 6.07) is 24.1. The number of hydrogen-bond donors (Lipinski definition) is 1. The van der Waals surface area contributed by atoms with E-state index in [0.29, 0.717) is 33.8 Å². The summed E-state index contributed by atoms with van der Waals surface area (Å²) in [6.45, 7) is 1.77. The van der Waals surface area contributed by atoms with Crippen LogP contribution >= 0.6 is 0 Å². The zero-order chi connectivity index (χ0) is 21.4. The smallest absolute Gasteiger partial charge is 0.267 e. The van der Waals surface area contributed by atoms with Crippen molar-refractivity contribution in [2.75, 3.05) is 5.32 Å². The fraction of sp³-hybridized carbons (Fsp3) is 0.0400. The van der Waals surface area contributed by atoms with Gasteiger partial charge in [0.25, 0.3) is 11.5 Å². The molecule has 150 valence electrons. The van der Waals surface area contributed by atoms with E-state index in [1.807, 2.05) is 42.5 Å². The summed E-state index contributed by atoms with van der Waals surface area (Å²) in [4.78, 5) is 34.2. The van der Waals surface area contributed by atoms with Crippen molar-refractivity contribution in [3.8, 4) is 5.69 Å². The van der Waals surface area contributed by atoms with E-state index in [-0.39, 0.29) is 11.5 Å². The molecular formula is C25H18N4O2. The maximum absolute atomic E-state index is 12.9. The fourth-order valence-corrected chi connectivity index (χ4v) is 3.66.